The first-order valence-electron chi connectivity index (χ1n) is 9.63. The van der Waals surface area contributed by atoms with Crippen LogP contribution in [0.25, 0.3) is 0 Å². The lowest BCUT2D eigenvalue weighted by Gasteiger charge is -2.17. The van der Waals surface area contributed by atoms with Crippen LogP contribution in [0.1, 0.15) is 30.6 Å². The molecule has 2 aromatic carbocycles. The number of anilines is 2. The van der Waals surface area contributed by atoms with Gasteiger partial charge in [-0.25, -0.2) is 4.79 Å². The summed E-state index contributed by atoms with van der Waals surface area (Å²) in [6.45, 7) is 4.85. The monoisotopic (exact) mass is 396 g/mol. The third-order valence-electron chi connectivity index (χ3n) is 4.62. The second-order valence-corrected chi connectivity index (χ2v) is 6.62. The molecular weight excluding hydrogens is 372 g/mol. The van der Waals surface area contributed by atoms with Gasteiger partial charge < -0.3 is 19.7 Å². The van der Waals surface area contributed by atoms with Gasteiger partial charge in [-0.2, -0.15) is 0 Å². The van der Waals surface area contributed by atoms with Crippen LogP contribution in [0.3, 0.4) is 0 Å². The smallest absolute Gasteiger partial charge is 0.338 e. The van der Waals surface area contributed by atoms with Crippen LogP contribution in [-0.4, -0.2) is 37.5 Å². The van der Waals surface area contributed by atoms with Gasteiger partial charge in [0.2, 0.25) is 11.8 Å². The number of amides is 2. The molecule has 29 heavy (non-hydrogen) atoms. The molecule has 0 aliphatic carbocycles. The van der Waals surface area contributed by atoms with Crippen LogP contribution in [0.2, 0.25) is 0 Å². The molecule has 1 aliphatic heterocycles. The minimum absolute atomic E-state index is 0.0908. The minimum atomic E-state index is -0.446. The quantitative estimate of drug-likeness (QED) is 0.726. The zero-order valence-corrected chi connectivity index (χ0v) is 16.5. The number of esters is 1. The van der Waals surface area contributed by atoms with Crippen molar-refractivity contribution in [1.82, 2.24) is 0 Å². The zero-order valence-electron chi connectivity index (χ0n) is 16.5. The summed E-state index contributed by atoms with van der Waals surface area (Å²) >= 11 is 0. The van der Waals surface area contributed by atoms with Gasteiger partial charge >= 0.3 is 5.97 Å². The maximum atomic E-state index is 12.6. The SMILES string of the molecule is CCOC(=O)c1ccc(NC(=O)[C@H]2CC(=O)N(c3ccc(OCC)cc3)C2)cc1. The molecular formula is C22H24N2O5. The Morgan fingerprint density at radius 3 is 2.34 bits per heavy atom. The van der Waals surface area contributed by atoms with Crippen LogP contribution in [-0.2, 0) is 14.3 Å². The van der Waals surface area contributed by atoms with Crippen LogP contribution in [0.4, 0.5) is 11.4 Å². The molecule has 1 aliphatic rings. The predicted octanol–water partition coefficient (Wildman–Crippen LogP) is 3.25. The standard InChI is InChI=1S/C22H24N2O5/c1-3-28-19-11-9-18(10-12-19)24-14-16(13-20(24)25)21(26)23-17-7-5-15(6-8-17)22(27)29-4-2/h5-12,16H,3-4,13-14H2,1-2H3,(H,23,26)/t16-/m0/s1. The fraction of sp³-hybridized carbons (Fsp3) is 0.318. The number of nitrogens with one attached hydrogen (secondary N) is 1. The number of benzene rings is 2. The van der Waals surface area contributed by atoms with E-state index >= 15 is 0 Å². The lowest BCUT2D eigenvalue weighted by atomic mass is 10.1. The molecule has 1 atom stereocenters. The molecule has 0 bridgehead atoms. The minimum Gasteiger partial charge on any atom is -0.494 e. The molecule has 1 N–H and O–H groups in total. The van der Waals surface area contributed by atoms with Gasteiger partial charge in [-0.15, -0.1) is 0 Å². The molecule has 0 aromatic heterocycles. The lowest BCUT2D eigenvalue weighted by molar-refractivity contribution is -0.122. The number of nitrogens with zero attached hydrogens (tertiary/aromatic N) is 1. The zero-order chi connectivity index (χ0) is 20.8. The van der Waals surface area contributed by atoms with E-state index in [2.05, 4.69) is 5.32 Å². The summed E-state index contributed by atoms with van der Waals surface area (Å²) in [5.41, 5.74) is 1.73. The van der Waals surface area contributed by atoms with Crippen molar-refractivity contribution in [2.75, 3.05) is 30.0 Å². The summed E-state index contributed by atoms with van der Waals surface area (Å²) in [6.07, 6.45) is 0.153. The Bertz CT molecular complexity index is 877. The molecule has 0 saturated carbocycles. The van der Waals surface area contributed by atoms with Crippen LogP contribution < -0.4 is 15.0 Å². The number of ether oxygens (including phenoxy) is 2. The number of carbonyl (C=O) groups is 3. The molecule has 7 heteroatoms. The van der Waals surface area contributed by atoms with E-state index in [4.69, 9.17) is 9.47 Å². The van der Waals surface area contributed by atoms with E-state index in [1.54, 1.807) is 36.1 Å². The largest absolute Gasteiger partial charge is 0.494 e. The molecule has 3 rings (SSSR count). The molecule has 1 fully saturated rings. The molecule has 2 aromatic rings. The summed E-state index contributed by atoms with van der Waals surface area (Å²) < 4.78 is 10.4. The van der Waals surface area contributed by atoms with Crippen molar-refractivity contribution >= 4 is 29.2 Å². The van der Waals surface area contributed by atoms with E-state index in [0.29, 0.717) is 31.0 Å². The summed E-state index contributed by atoms with van der Waals surface area (Å²) in [6, 6.07) is 13.7. The second kappa shape index (κ2) is 9.23. The van der Waals surface area contributed by atoms with Crippen molar-refractivity contribution in [2.24, 2.45) is 5.92 Å². The Kier molecular flexibility index (Phi) is 6.49. The third kappa shape index (κ3) is 4.93. The van der Waals surface area contributed by atoms with E-state index in [1.165, 1.54) is 0 Å². The van der Waals surface area contributed by atoms with Gasteiger partial charge in [-0.3, -0.25) is 9.59 Å². The molecule has 1 heterocycles. The number of hydrogen-bond acceptors (Lipinski definition) is 5. The highest BCUT2D eigenvalue weighted by Gasteiger charge is 2.35. The van der Waals surface area contributed by atoms with Gasteiger partial charge in [0.25, 0.3) is 0 Å². The van der Waals surface area contributed by atoms with Crippen molar-refractivity contribution in [2.45, 2.75) is 20.3 Å². The van der Waals surface area contributed by atoms with Crippen LogP contribution >= 0.6 is 0 Å². The summed E-state index contributed by atoms with van der Waals surface area (Å²) in [7, 11) is 0. The van der Waals surface area contributed by atoms with Gasteiger partial charge in [0.05, 0.1) is 24.7 Å². The first-order chi connectivity index (χ1) is 14.0. The fourth-order valence-corrected chi connectivity index (χ4v) is 3.17. The Labute approximate surface area is 169 Å². The van der Waals surface area contributed by atoms with Crippen LogP contribution in [0.15, 0.2) is 48.5 Å². The van der Waals surface area contributed by atoms with Gasteiger partial charge in [0.1, 0.15) is 5.75 Å². The molecule has 0 radical (unpaired) electrons. The number of carbonyl (C=O) groups excluding carboxylic acids is 3. The highest BCUT2D eigenvalue weighted by atomic mass is 16.5. The van der Waals surface area contributed by atoms with E-state index in [0.717, 1.165) is 11.4 Å². The Hall–Kier alpha value is -3.35. The fourth-order valence-electron chi connectivity index (χ4n) is 3.17. The Balaban J connectivity index is 1.60. The molecule has 1 saturated heterocycles. The van der Waals surface area contributed by atoms with E-state index < -0.39 is 11.9 Å². The maximum Gasteiger partial charge on any atom is 0.338 e. The van der Waals surface area contributed by atoms with Gasteiger partial charge in [0.15, 0.2) is 0 Å². The van der Waals surface area contributed by atoms with Crippen molar-refractivity contribution in [3.05, 3.63) is 54.1 Å². The van der Waals surface area contributed by atoms with Crippen LogP contribution in [0.5, 0.6) is 5.75 Å². The van der Waals surface area contributed by atoms with Crippen LogP contribution in [0, 0.1) is 5.92 Å². The Morgan fingerprint density at radius 1 is 1.03 bits per heavy atom. The Morgan fingerprint density at radius 2 is 1.72 bits per heavy atom. The van der Waals surface area contributed by atoms with Gasteiger partial charge in [-0.05, 0) is 62.4 Å². The molecule has 0 unspecified atom stereocenters. The third-order valence-corrected chi connectivity index (χ3v) is 4.62. The number of hydrogen-bond donors (Lipinski definition) is 1. The normalized spacial score (nSPS) is 15.9. The second-order valence-electron chi connectivity index (χ2n) is 6.62. The summed E-state index contributed by atoms with van der Waals surface area (Å²) in [4.78, 5) is 38.3. The first kappa shape index (κ1) is 20.4. The predicted molar refractivity (Wildman–Crippen MR) is 109 cm³/mol. The van der Waals surface area contributed by atoms with Gasteiger partial charge in [0, 0.05) is 24.3 Å². The topological polar surface area (TPSA) is 84.9 Å². The average molecular weight is 396 g/mol. The number of rotatable bonds is 7. The first-order valence-corrected chi connectivity index (χ1v) is 9.63. The van der Waals surface area contributed by atoms with Crippen molar-refractivity contribution < 1.29 is 23.9 Å². The van der Waals surface area contributed by atoms with E-state index in [9.17, 15) is 14.4 Å². The van der Waals surface area contributed by atoms with Gasteiger partial charge in [-0.1, -0.05) is 0 Å². The summed E-state index contributed by atoms with van der Waals surface area (Å²) in [5, 5.41) is 2.81. The molecule has 2 amide bonds. The highest BCUT2D eigenvalue weighted by molar-refractivity contribution is 6.03. The summed E-state index contributed by atoms with van der Waals surface area (Å²) in [5.74, 6) is -0.428. The average Bonchev–Trinajstić information content (AvgIpc) is 3.11. The van der Waals surface area contributed by atoms with Crippen molar-refractivity contribution in [3.8, 4) is 5.75 Å². The highest BCUT2D eigenvalue weighted by Crippen LogP contribution is 2.27. The van der Waals surface area contributed by atoms with Crippen molar-refractivity contribution in [3.63, 3.8) is 0 Å². The maximum absolute atomic E-state index is 12.6. The molecule has 152 valence electrons. The molecule has 0 spiro atoms. The lowest BCUT2D eigenvalue weighted by Crippen LogP contribution is -2.28. The van der Waals surface area contributed by atoms with Crippen molar-refractivity contribution in [1.29, 1.82) is 0 Å². The van der Waals surface area contributed by atoms with E-state index in [-0.39, 0.29) is 18.2 Å². The molecule has 7 nitrogen and oxygen atoms in total. The van der Waals surface area contributed by atoms with E-state index in [1.807, 2.05) is 31.2 Å².